The van der Waals surface area contributed by atoms with Crippen LogP contribution in [0.25, 0.3) is 10.8 Å². The number of hydrogen-bond donors (Lipinski definition) is 2. The Labute approximate surface area is 150 Å². The molecule has 8 heteroatoms. The summed E-state index contributed by atoms with van der Waals surface area (Å²) in [6.07, 6.45) is -1.06. The van der Waals surface area contributed by atoms with Crippen LogP contribution < -0.4 is 4.72 Å². The molecule has 7 nitrogen and oxygen atoms in total. The average Bonchev–Trinajstić information content (AvgIpc) is 2.66. The Kier molecular flexibility index (Phi) is 4.99. The van der Waals surface area contributed by atoms with Gasteiger partial charge in [-0.15, -0.1) is 0 Å². The lowest BCUT2D eigenvalue weighted by Crippen LogP contribution is -2.28. The predicted octanol–water partition coefficient (Wildman–Crippen LogP) is 2.76. The van der Waals surface area contributed by atoms with Crippen LogP contribution in [0.15, 0.2) is 71.6 Å². The van der Waals surface area contributed by atoms with Crippen LogP contribution in [0, 0.1) is 10.1 Å². The van der Waals surface area contributed by atoms with Crippen molar-refractivity contribution >= 4 is 26.5 Å². The van der Waals surface area contributed by atoms with E-state index < -0.39 is 21.1 Å². The zero-order valence-corrected chi connectivity index (χ0v) is 14.4. The van der Waals surface area contributed by atoms with E-state index in [-0.39, 0.29) is 17.1 Å². The molecule has 0 aliphatic heterocycles. The van der Waals surface area contributed by atoms with Gasteiger partial charge in [0.2, 0.25) is 10.0 Å². The molecule has 0 amide bonds. The topological polar surface area (TPSA) is 110 Å². The van der Waals surface area contributed by atoms with E-state index in [0.29, 0.717) is 5.56 Å². The summed E-state index contributed by atoms with van der Waals surface area (Å²) in [6, 6.07) is 17.6. The number of sulfonamides is 1. The first-order valence-corrected chi connectivity index (χ1v) is 9.26. The quantitative estimate of drug-likeness (QED) is 0.511. The Hall–Kier alpha value is -2.81. The van der Waals surface area contributed by atoms with E-state index in [1.54, 1.807) is 12.1 Å². The molecule has 1 atom stereocenters. The number of aliphatic hydroxyl groups is 1. The Bertz CT molecular complexity index is 1060. The summed E-state index contributed by atoms with van der Waals surface area (Å²) in [4.78, 5) is 9.92. The van der Waals surface area contributed by atoms with Crippen molar-refractivity contribution in [1.82, 2.24) is 4.72 Å². The maximum atomic E-state index is 12.4. The van der Waals surface area contributed by atoms with Gasteiger partial charge in [0.1, 0.15) is 0 Å². The normalized spacial score (nSPS) is 12.8. The number of nitrogens with one attached hydrogen (secondary N) is 1. The largest absolute Gasteiger partial charge is 0.387 e. The van der Waals surface area contributed by atoms with Crippen molar-refractivity contribution in [3.05, 3.63) is 82.4 Å². The van der Waals surface area contributed by atoms with Crippen molar-refractivity contribution < 1.29 is 18.4 Å². The monoisotopic (exact) mass is 372 g/mol. The summed E-state index contributed by atoms with van der Waals surface area (Å²) in [7, 11) is -3.99. The highest BCUT2D eigenvalue weighted by molar-refractivity contribution is 7.89. The standard InChI is InChI=1S/C18H16N2O5S/c21-18(17-10-3-6-13-5-1-2-9-16(13)17)12-19-26(24,25)15-8-4-7-14(11-15)20(22)23/h1-11,18-19,21H,12H2. The third-order valence-corrected chi connectivity index (χ3v) is 5.41. The molecule has 0 aromatic heterocycles. The molecule has 0 spiro atoms. The first kappa shape index (κ1) is 18.0. The Morgan fingerprint density at radius 1 is 1.04 bits per heavy atom. The smallest absolute Gasteiger partial charge is 0.270 e. The van der Waals surface area contributed by atoms with E-state index in [1.807, 2.05) is 30.3 Å². The molecule has 0 fully saturated rings. The highest BCUT2D eigenvalue weighted by Gasteiger charge is 2.20. The van der Waals surface area contributed by atoms with Crippen LogP contribution in [0.4, 0.5) is 5.69 Å². The van der Waals surface area contributed by atoms with Gasteiger partial charge in [0.25, 0.3) is 5.69 Å². The fraction of sp³-hybridized carbons (Fsp3) is 0.111. The molecule has 0 saturated heterocycles. The van der Waals surface area contributed by atoms with Gasteiger partial charge in [-0.3, -0.25) is 10.1 Å². The molecule has 0 heterocycles. The number of nitrogens with zero attached hydrogens (tertiary/aromatic N) is 1. The van der Waals surface area contributed by atoms with Gasteiger partial charge in [0, 0.05) is 18.7 Å². The lowest BCUT2D eigenvalue weighted by molar-refractivity contribution is -0.385. The van der Waals surface area contributed by atoms with Crippen molar-refractivity contribution in [1.29, 1.82) is 0 Å². The fourth-order valence-corrected chi connectivity index (χ4v) is 3.76. The second kappa shape index (κ2) is 7.20. The van der Waals surface area contributed by atoms with E-state index >= 15 is 0 Å². The zero-order chi connectivity index (χ0) is 18.7. The van der Waals surface area contributed by atoms with Crippen molar-refractivity contribution in [2.24, 2.45) is 0 Å². The summed E-state index contributed by atoms with van der Waals surface area (Å²) in [5, 5.41) is 23.0. The van der Waals surface area contributed by atoms with E-state index in [4.69, 9.17) is 0 Å². The van der Waals surface area contributed by atoms with Gasteiger partial charge in [0.05, 0.1) is 15.9 Å². The molecule has 0 saturated carbocycles. The zero-order valence-electron chi connectivity index (χ0n) is 13.6. The van der Waals surface area contributed by atoms with Gasteiger partial charge in [0.15, 0.2) is 0 Å². The van der Waals surface area contributed by atoms with E-state index in [2.05, 4.69) is 4.72 Å². The van der Waals surface area contributed by atoms with Crippen LogP contribution in [-0.4, -0.2) is 25.0 Å². The van der Waals surface area contributed by atoms with Crippen LogP contribution in [0.2, 0.25) is 0 Å². The minimum Gasteiger partial charge on any atom is -0.387 e. The van der Waals surface area contributed by atoms with E-state index in [1.165, 1.54) is 18.2 Å². The summed E-state index contributed by atoms with van der Waals surface area (Å²) in [5.74, 6) is 0. The van der Waals surface area contributed by atoms with E-state index in [0.717, 1.165) is 16.8 Å². The number of aliphatic hydroxyl groups excluding tert-OH is 1. The number of fused-ring (bicyclic) bond motifs is 1. The van der Waals surface area contributed by atoms with Gasteiger partial charge < -0.3 is 5.11 Å². The highest BCUT2D eigenvalue weighted by atomic mass is 32.2. The molecule has 26 heavy (non-hydrogen) atoms. The third kappa shape index (κ3) is 3.72. The fourth-order valence-electron chi connectivity index (χ4n) is 2.69. The van der Waals surface area contributed by atoms with Crippen molar-refractivity contribution in [3.8, 4) is 0 Å². The molecule has 0 aliphatic rings. The number of benzene rings is 3. The number of hydrogen-bond acceptors (Lipinski definition) is 5. The molecule has 3 aromatic carbocycles. The summed E-state index contributed by atoms with van der Waals surface area (Å²) >= 11 is 0. The Balaban J connectivity index is 1.81. The molecule has 0 bridgehead atoms. The Morgan fingerprint density at radius 2 is 1.73 bits per heavy atom. The molecule has 3 rings (SSSR count). The van der Waals surface area contributed by atoms with Gasteiger partial charge in [-0.25, -0.2) is 13.1 Å². The molecule has 1 unspecified atom stereocenters. The highest BCUT2D eigenvalue weighted by Crippen LogP contribution is 2.24. The first-order valence-electron chi connectivity index (χ1n) is 7.78. The van der Waals surface area contributed by atoms with E-state index in [9.17, 15) is 23.6 Å². The summed E-state index contributed by atoms with van der Waals surface area (Å²) in [6.45, 7) is -0.251. The molecule has 134 valence electrons. The molecule has 0 radical (unpaired) electrons. The second-order valence-corrected chi connectivity index (χ2v) is 7.46. The van der Waals surface area contributed by atoms with Gasteiger partial charge >= 0.3 is 0 Å². The Morgan fingerprint density at radius 3 is 2.50 bits per heavy atom. The number of nitro benzene ring substituents is 1. The van der Waals surface area contributed by atoms with Crippen LogP contribution in [-0.2, 0) is 10.0 Å². The van der Waals surface area contributed by atoms with Gasteiger partial charge in [-0.2, -0.15) is 0 Å². The third-order valence-electron chi connectivity index (χ3n) is 3.99. The van der Waals surface area contributed by atoms with Crippen LogP contribution in [0.1, 0.15) is 11.7 Å². The second-order valence-electron chi connectivity index (χ2n) is 5.69. The van der Waals surface area contributed by atoms with Gasteiger partial charge in [-0.1, -0.05) is 48.5 Å². The minimum atomic E-state index is -3.99. The number of rotatable bonds is 6. The maximum Gasteiger partial charge on any atom is 0.270 e. The molecule has 2 N–H and O–H groups in total. The predicted molar refractivity (Wildman–Crippen MR) is 97.2 cm³/mol. The summed E-state index contributed by atoms with van der Waals surface area (Å²) < 4.78 is 27.0. The van der Waals surface area contributed by atoms with Crippen molar-refractivity contribution in [3.63, 3.8) is 0 Å². The first-order chi connectivity index (χ1) is 12.4. The number of non-ortho nitro benzene ring substituents is 1. The molecule has 0 aliphatic carbocycles. The lowest BCUT2D eigenvalue weighted by Gasteiger charge is -2.15. The van der Waals surface area contributed by atoms with Gasteiger partial charge in [-0.05, 0) is 22.4 Å². The molecule has 3 aromatic rings. The maximum absolute atomic E-state index is 12.4. The minimum absolute atomic E-state index is 0.225. The van der Waals surface area contributed by atoms with Crippen molar-refractivity contribution in [2.45, 2.75) is 11.0 Å². The van der Waals surface area contributed by atoms with Crippen molar-refractivity contribution in [2.75, 3.05) is 6.54 Å². The van der Waals surface area contributed by atoms with Crippen LogP contribution >= 0.6 is 0 Å². The average molecular weight is 372 g/mol. The van der Waals surface area contributed by atoms with Crippen LogP contribution in [0.3, 0.4) is 0 Å². The number of nitro groups is 1. The SMILES string of the molecule is O=[N+]([O-])c1cccc(S(=O)(=O)NCC(O)c2cccc3ccccc23)c1. The summed E-state index contributed by atoms with van der Waals surface area (Å²) in [5.41, 5.74) is 0.285. The van der Waals surface area contributed by atoms with Crippen LogP contribution in [0.5, 0.6) is 0 Å². The molecular weight excluding hydrogens is 356 g/mol. The molecular formula is C18H16N2O5S. The lowest BCUT2D eigenvalue weighted by atomic mass is 10.0.